The van der Waals surface area contributed by atoms with E-state index >= 15 is 0 Å². The summed E-state index contributed by atoms with van der Waals surface area (Å²) in [4.78, 5) is 2.52. The van der Waals surface area contributed by atoms with Crippen LogP contribution in [0.2, 0.25) is 0 Å². The van der Waals surface area contributed by atoms with Crippen molar-refractivity contribution in [1.29, 1.82) is 0 Å². The second-order valence-electron chi connectivity index (χ2n) is 5.82. The molecule has 9 atom stereocenters. The van der Waals surface area contributed by atoms with Crippen LogP contribution >= 0.6 is 0 Å². The third-order valence-corrected chi connectivity index (χ3v) is 4.19. The van der Waals surface area contributed by atoms with Crippen LogP contribution < -0.4 is 0 Å². The molecule has 2 saturated heterocycles. The molecule has 144 valence electrons. The molecule has 0 aromatic rings. The fourth-order valence-corrected chi connectivity index (χ4v) is 2.74. The topological polar surface area (TPSA) is 218 Å². The molecular weight excluding hydrogens is 346 g/mol. The summed E-state index contributed by atoms with van der Waals surface area (Å²) in [7, 11) is 0. The van der Waals surface area contributed by atoms with Crippen molar-refractivity contribution in [2.24, 2.45) is 5.11 Å². The number of rotatable bonds is 6. The summed E-state index contributed by atoms with van der Waals surface area (Å²) in [6, 6.07) is 0. The lowest BCUT2D eigenvalue weighted by atomic mass is 9.99. The van der Waals surface area contributed by atoms with E-state index in [0.717, 1.165) is 0 Å². The SMILES string of the molecule is [N-]=[N+]=NC[C@H]1OC(O)(CO)[C@@H](O)[C@@H]1O[C@H]1O[C@H](CO)[C@@H](O)[C@H](O)[C@H]1O. The zero-order chi connectivity index (χ0) is 18.8. The molecule has 13 nitrogen and oxygen atoms in total. The molecule has 25 heavy (non-hydrogen) atoms. The Hall–Kier alpha value is -1.09. The highest BCUT2D eigenvalue weighted by Crippen LogP contribution is 2.34. The first-order valence-corrected chi connectivity index (χ1v) is 7.45. The van der Waals surface area contributed by atoms with Crippen molar-refractivity contribution in [3.8, 4) is 0 Å². The third-order valence-electron chi connectivity index (χ3n) is 4.19. The van der Waals surface area contributed by atoms with E-state index in [1.165, 1.54) is 0 Å². The van der Waals surface area contributed by atoms with Crippen LogP contribution in [0.3, 0.4) is 0 Å². The maximum atomic E-state index is 10.1. The van der Waals surface area contributed by atoms with Crippen molar-refractivity contribution < 1.29 is 50.0 Å². The third kappa shape index (κ3) is 3.86. The van der Waals surface area contributed by atoms with E-state index in [2.05, 4.69) is 10.0 Å². The van der Waals surface area contributed by atoms with E-state index in [1.807, 2.05) is 0 Å². The minimum Gasteiger partial charge on any atom is -0.394 e. The van der Waals surface area contributed by atoms with Gasteiger partial charge in [-0.15, -0.1) is 0 Å². The summed E-state index contributed by atoms with van der Waals surface area (Å²) >= 11 is 0. The Morgan fingerprint density at radius 3 is 2.32 bits per heavy atom. The summed E-state index contributed by atoms with van der Waals surface area (Å²) in [6.45, 7) is -2.05. The van der Waals surface area contributed by atoms with Gasteiger partial charge in [0.15, 0.2) is 6.29 Å². The quantitative estimate of drug-likeness (QED) is 0.137. The fraction of sp³-hybridized carbons (Fsp3) is 1.00. The van der Waals surface area contributed by atoms with Gasteiger partial charge in [-0.05, 0) is 5.53 Å². The number of aliphatic hydroxyl groups excluding tert-OH is 6. The minimum absolute atomic E-state index is 0.377. The Kier molecular flexibility index (Phi) is 6.53. The molecule has 2 fully saturated rings. The van der Waals surface area contributed by atoms with Gasteiger partial charge in [0, 0.05) is 4.91 Å². The standard InChI is InChI=1S/C12H21N3O10/c13-15-14-1-4-9(10(21)12(22,3-17)25-4)24-11-8(20)7(19)6(18)5(2-16)23-11/h4-11,16-22H,1-3H2/t4-,5-,6-,7+,8-,9-,10+,11-,12?/m1/s1. The molecule has 2 aliphatic heterocycles. The van der Waals surface area contributed by atoms with E-state index < -0.39 is 68.0 Å². The second-order valence-corrected chi connectivity index (χ2v) is 5.82. The van der Waals surface area contributed by atoms with Gasteiger partial charge in [0.05, 0.1) is 25.9 Å². The van der Waals surface area contributed by atoms with Gasteiger partial charge in [-0.3, -0.25) is 0 Å². The van der Waals surface area contributed by atoms with Crippen LogP contribution in [0.4, 0.5) is 0 Å². The Labute approximate surface area is 141 Å². The van der Waals surface area contributed by atoms with Crippen LogP contribution in [0.1, 0.15) is 0 Å². The molecule has 2 rings (SSSR count). The highest BCUT2D eigenvalue weighted by Gasteiger charge is 2.56. The first kappa shape index (κ1) is 20.2. The smallest absolute Gasteiger partial charge is 0.219 e. The molecule has 0 aromatic heterocycles. The Morgan fingerprint density at radius 1 is 1.08 bits per heavy atom. The highest BCUT2D eigenvalue weighted by molar-refractivity contribution is 4.98. The predicted octanol–water partition coefficient (Wildman–Crippen LogP) is -4.08. The van der Waals surface area contributed by atoms with Gasteiger partial charge in [-0.2, -0.15) is 0 Å². The lowest BCUT2D eigenvalue weighted by Gasteiger charge is -2.41. The maximum Gasteiger partial charge on any atom is 0.219 e. The lowest BCUT2D eigenvalue weighted by Crippen LogP contribution is -2.60. The van der Waals surface area contributed by atoms with E-state index in [9.17, 15) is 30.6 Å². The summed E-state index contributed by atoms with van der Waals surface area (Å²) in [5, 5.41) is 71.2. The lowest BCUT2D eigenvalue weighted by molar-refractivity contribution is -0.318. The van der Waals surface area contributed by atoms with E-state index in [1.54, 1.807) is 0 Å². The molecule has 0 amide bonds. The van der Waals surface area contributed by atoms with E-state index in [0.29, 0.717) is 0 Å². The summed E-state index contributed by atoms with van der Waals surface area (Å²) < 4.78 is 15.6. The number of azide groups is 1. The summed E-state index contributed by atoms with van der Waals surface area (Å²) in [6.07, 6.45) is -12.3. The average molecular weight is 367 g/mol. The monoisotopic (exact) mass is 367 g/mol. The van der Waals surface area contributed by atoms with Crippen LogP contribution in [-0.2, 0) is 14.2 Å². The van der Waals surface area contributed by atoms with Crippen LogP contribution in [0.15, 0.2) is 5.11 Å². The zero-order valence-corrected chi connectivity index (χ0v) is 12.9. The molecule has 1 unspecified atom stereocenters. The Balaban J connectivity index is 2.18. The normalized spacial score (nSPS) is 47.5. The van der Waals surface area contributed by atoms with Crippen molar-refractivity contribution in [3.63, 3.8) is 0 Å². The van der Waals surface area contributed by atoms with Crippen LogP contribution in [0, 0.1) is 0 Å². The van der Waals surface area contributed by atoms with Gasteiger partial charge in [-0.25, -0.2) is 0 Å². The zero-order valence-electron chi connectivity index (χ0n) is 12.9. The minimum atomic E-state index is -2.39. The first-order valence-electron chi connectivity index (χ1n) is 7.45. The predicted molar refractivity (Wildman–Crippen MR) is 75.6 cm³/mol. The van der Waals surface area contributed by atoms with Crippen molar-refractivity contribution >= 4 is 0 Å². The molecule has 2 heterocycles. The maximum absolute atomic E-state index is 10.1. The largest absolute Gasteiger partial charge is 0.394 e. The highest BCUT2D eigenvalue weighted by atomic mass is 16.7. The van der Waals surface area contributed by atoms with Crippen LogP contribution in [0.5, 0.6) is 0 Å². The van der Waals surface area contributed by atoms with Gasteiger partial charge in [0.25, 0.3) is 0 Å². The number of hydrogen-bond acceptors (Lipinski definition) is 11. The van der Waals surface area contributed by atoms with Gasteiger partial charge in [-0.1, -0.05) is 5.11 Å². The van der Waals surface area contributed by atoms with Crippen LogP contribution in [0.25, 0.3) is 10.4 Å². The van der Waals surface area contributed by atoms with Gasteiger partial charge >= 0.3 is 0 Å². The number of nitrogens with zero attached hydrogens (tertiary/aromatic N) is 3. The second kappa shape index (κ2) is 8.07. The van der Waals surface area contributed by atoms with Crippen molar-refractivity contribution in [2.75, 3.05) is 19.8 Å². The molecular formula is C12H21N3O10. The molecule has 0 bridgehead atoms. The van der Waals surface area contributed by atoms with E-state index in [-0.39, 0.29) is 6.54 Å². The van der Waals surface area contributed by atoms with Gasteiger partial charge < -0.3 is 50.0 Å². The molecule has 0 spiro atoms. The van der Waals surface area contributed by atoms with Crippen molar-refractivity contribution in [2.45, 2.75) is 54.8 Å². The summed E-state index contributed by atoms with van der Waals surface area (Å²) in [5.74, 6) is -2.39. The summed E-state index contributed by atoms with van der Waals surface area (Å²) in [5.41, 5.74) is 8.39. The molecule has 0 radical (unpaired) electrons. The molecule has 0 saturated carbocycles. The number of aliphatic hydroxyl groups is 7. The van der Waals surface area contributed by atoms with Gasteiger partial charge in [0.2, 0.25) is 5.79 Å². The first-order chi connectivity index (χ1) is 11.8. The number of ether oxygens (including phenoxy) is 3. The molecule has 0 aromatic carbocycles. The van der Waals surface area contributed by atoms with Crippen LogP contribution in [-0.4, -0.2) is 110 Å². The molecule has 2 aliphatic rings. The van der Waals surface area contributed by atoms with Gasteiger partial charge in [0.1, 0.15) is 36.6 Å². The Bertz CT molecular complexity index is 504. The Morgan fingerprint density at radius 2 is 1.76 bits per heavy atom. The number of hydrogen-bond donors (Lipinski definition) is 7. The van der Waals surface area contributed by atoms with Crippen molar-refractivity contribution in [3.05, 3.63) is 10.4 Å². The fourth-order valence-electron chi connectivity index (χ4n) is 2.74. The van der Waals surface area contributed by atoms with Crippen molar-refractivity contribution in [1.82, 2.24) is 0 Å². The van der Waals surface area contributed by atoms with E-state index in [4.69, 9.17) is 24.8 Å². The molecule has 0 aliphatic carbocycles. The average Bonchev–Trinajstić information content (AvgIpc) is 2.85. The molecule has 13 heteroatoms. The molecule has 7 N–H and O–H groups in total.